The van der Waals surface area contributed by atoms with Crippen LogP contribution in [0.2, 0.25) is 0 Å². The number of benzene rings is 1. The molecule has 2 fully saturated rings. The summed E-state index contributed by atoms with van der Waals surface area (Å²) in [4.78, 5) is 39.7. The van der Waals surface area contributed by atoms with E-state index in [1.807, 2.05) is 30.3 Å². The van der Waals surface area contributed by atoms with E-state index in [-0.39, 0.29) is 11.3 Å². The number of esters is 1. The first-order chi connectivity index (χ1) is 13.1. The van der Waals surface area contributed by atoms with Crippen LogP contribution >= 0.6 is 11.8 Å². The number of hydrogen-bond donors (Lipinski definition) is 1. The Morgan fingerprint density at radius 1 is 1.29 bits per heavy atom. The first-order valence-electron chi connectivity index (χ1n) is 9.22. The molecule has 1 N–H and O–H groups in total. The molecule has 152 valence electrons. The van der Waals surface area contributed by atoms with E-state index in [0.29, 0.717) is 18.6 Å². The van der Waals surface area contributed by atoms with Crippen LogP contribution in [0.1, 0.15) is 32.8 Å². The number of thioether (sulfide) groups is 1. The van der Waals surface area contributed by atoms with Crippen molar-refractivity contribution < 1.29 is 23.9 Å². The molecule has 0 aromatic heterocycles. The maximum atomic E-state index is 13.5. The predicted octanol–water partition coefficient (Wildman–Crippen LogP) is 2.34. The van der Waals surface area contributed by atoms with Crippen molar-refractivity contribution in [3.63, 3.8) is 0 Å². The Balaban J connectivity index is 1.90. The molecular weight excluding hydrogens is 380 g/mol. The van der Waals surface area contributed by atoms with Crippen molar-refractivity contribution in [2.45, 2.75) is 56.2 Å². The van der Waals surface area contributed by atoms with Gasteiger partial charge in [0.2, 0.25) is 0 Å². The van der Waals surface area contributed by atoms with Gasteiger partial charge in [-0.15, -0.1) is 11.8 Å². The van der Waals surface area contributed by atoms with E-state index >= 15 is 0 Å². The third-order valence-corrected chi connectivity index (χ3v) is 6.11. The molecule has 1 aromatic rings. The van der Waals surface area contributed by atoms with E-state index in [9.17, 15) is 14.4 Å². The van der Waals surface area contributed by atoms with Crippen molar-refractivity contribution in [1.29, 1.82) is 0 Å². The maximum absolute atomic E-state index is 13.5. The van der Waals surface area contributed by atoms with Crippen molar-refractivity contribution >= 4 is 29.7 Å². The molecule has 2 amide bonds. The molecule has 0 bridgehead atoms. The summed E-state index contributed by atoms with van der Waals surface area (Å²) in [5.41, 5.74) is -0.916. The molecular formula is C20H26N2O5S. The largest absolute Gasteiger partial charge is 0.467 e. The number of fused-ring (bicyclic) bond motifs is 1. The van der Waals surface area contributed by atoms with Gasteiger partial charge in [0.05, 0.1) is 12.5 Å². The van der Waals surface area contributed by atoms with Gasteiger partial charge in [-0.3, -0.25) is 4.79 Å². The minimum Gasteiger partial charge on any atom is -0.467 e. The Bertz CT molecular complexity index is 764. The second-order valence-electron chi connectivity index (χ2n) is 8.11. The van der Waals surface area contributed by atoms with Crippen LogP contribution in [0.5, 0.6) is 0 Å². The first kappa shape index (κ1) is 20.5. The van der Waals surface area contributed by atoms with Gasteiger partial charge in [-0.2, -0.15) is 0 Å². The van der Waals surface area contributed by atoms with Crippen molar-refractivity contribution in [2.24, 2.45) is 0 Å². The minimum absolute atomic E-state index is 0.185. The fourth-order valence-electron chi connectivity index (χ4n) is 3.68. The zero-order valence-corrected chi connectivity index (χ0v) is 17.4. The molecule has 8 heteroatoms. The Kier molecular flexibility index (Phi) is 5.61. The molecule has 0 radical (unpaired) electrons. The molecule has 3 atom stereocenters. The standard InChI is InChI=1S/C20H26N2O5S/c1-19(2,3)27-18(25)21-20(10-13-8-6-5-7-9-13)11-15-22(17(20)24)14(12-28-15)16(23)26-4/h5-9,14-15H,10-12H2,1-4H3,(H,21,25)/t14-,15+,20-/m0/s1. The van der Waals surface area contributed by atoms with Crippen LogP contribution in [0, 0.1) is 0 Å². The highest BCUT2D eigenvalue weighted by atomic mass is 32.2. The minimum atomic E-state index is -1.16. The van der Waals surface area contributed by atoms with Crippen molar-refractivity contribution in [1.82, 2.24) is 10.2 Å². The lowest BCUT2D eigenvalue weighted by Crippen LogP contribution is -2.58. The van der Waals surface area contributed by atoms with Gasteiger partial charge in [-0.25, -0.2) is 9.59 Å². The molecule has 2 heterocycles. The highest BCUT2D eigenvalue weighted by Crippen LogP contribution is 2.43. The van der Waals surface area contributed by atoms with Gasteiger partial charge in [0.25, 0.3) is 5.91 Å². The number of hydrogen-bond acceptors (Lipinski definition) is 6. The number of alkyl carbamates (subject to hydrolysis) is 1. The van der Waals surface area contributed by atoms with Crippen LogP contribution in [0.4, 0.5) is 4.79 Å². The summed E-state index contributed by atoms with van der Waals surface area (Å²) in [7, 11) is 1.32. The number of methoxy groups -OCH3 is 1. The molecule has 2 aliphatic heterocycles. The van der Waals surface area contributed by atoms with Crippen LogP contribution in [0.3, 0.4) is 0 Å². The maximum Gasteiger partial charge on any atom is 0.408 e. The smallest absolute Gasteiger partial charge is 0.408 e. The second kappa shape index (κ2) is 7.66. The zero-order chi connectivity index (χ0) is 20.5. The third-order valence-electron chi connectivity index (χ3n) is 4.82. The third kappa shape index (κ3) is 4.11. The lowest BCUT2D eigenvalue weighted by atomic mass is 9.89. The summed E-state index contributed by atoms with van der Waals surface area (Å²) in [5.74, 6) is -0.208. The monoisotopic (exact) mass is 406 g/mol. The SMILES string of the molecule is COC(=O)[C@@H]1CS[C@@H]2C[C@](Cc3ccccc3)(NC(=O)OC(C)(C)C)C(=O)N21. The van der Waals surface area contributed by atoms with Crippen molar-refractivity contribution in [2.75, 3.05) is 12.9 Å². The van der Waals surface area contributed by atoms with Gasteiger partial charge >= 0.3 is 12.1 Å². The molecule has 28 heavy (non-hydrogen) atoms. The highest BCUT2D eigenvalue weighted by molar-refractivity contribution is 8.00. The Labute approximate surface area is 169 Å². The van der Waals surface area contributed by atoms with E-state index < -0.39 is 29.2 Å². The lowest BCUT2D eigenvalue weighted by molar-refractivity contribution is -0.151. The van der Waals surface area contributed by atoms with Gasteiger partial charge in [-0.1, -0.05) is 30.3 Å². The molecule has 0 unspecified atom stereocenters. The number of carbonyl (C=O) groups is 3. The molecule has 0 aliphatic carbocycles. The fourth-order valence-corrected chi connectivity index (χ4v) is 5.19. The summed E-state index contributed by atoms with van der Waals surface area (Å²) < 4.78 is 10.3. The Morgan fingerprint density at radius 2 is 1.96 bits per heavy atom. The molecule has 2 saturated heterocycles. The average Bonchev–Trinajstić information content (AvgIpc) is 3.12. The number of amides is 2. The number of nitrogens with zero attached hydrogens (tertiary/aromatic N) is 1. The summed E-state index contributed by atoms with van der Waals surface area (Å²) in [6.45, 7) is 5.32. The van der Waals surface area contributed by atoms with Gasteiger partial charge in [-0.05, 0) is 26.3 Å². The van der Waals surface area contributed by atoms with Gasteiger partial charge < -0.3 is 19.7 Å². The van der Waals surface area contributed by atoms with E-state index in [1.165, 1.54) is 18.9 Å². The summed E-state index contributed by atoms with van der Waals surface area (Å²) >= 11 is 1.53. The van der Waals surface area contributed by atoms with E-state index in [4.69, 9.17) is 9.47 Å². The molecule has 1 aromatic carbocycles. The van der Waals surface area contributed by atoms with Crippen LogP contribution < -0.4 is 5.32 Å². The number of nitrogens with one attached hydrogen (secondary N) is 1. The average molecular weight is 407 g/mol. The molecule has 0 spiro atoms. The number of rotatable bonds is 4. The number of ether oxygens (including phenoxy) is 2. The van der Waals surface area contributed by atoms with Gasteiger partial charge in [0, 0.05) is 18.6 Å². The number of carbonyl (C=O) groups excluding carboxylic acids is 3. The second-order valence-corrected chi connectivity index (χ2v) is 9.33. The summed E-state index contributed by atoms with van der Waals surface area (Å²) in [6.07, 6.45) is 0.0865. The zero-order valence-electron chi connectivity index (χ0n) is 16.6. The Morgan fingerprint density at radius 3 is 2.57 bits per heavy atom. The molecule has 7 nitrogen and oxygen atoms in total. The fraction of sp³-hybridized carbons (Fsp3) is 0.550. The quantitative estimate of drug-likeness (QED) is 0.773. The molecule has 0 saturated carbocycles. The van der Waals surface area contributed by atoms with Crippen molar-refractivity contribution in [3.05, 3.63) is 35.9 Å². The van der Waals surface area contributed by atoms with Gasteiger partial charge in [0.15, 0.2) is 0 Å². The van der Waals surface area contributed by atoms with Crippen LogP contribution in [-0.2, 0) is 25.5 Å². The first-order valence-corrected chi connectivity index (χ1v) is 10.3. The van der Waals surface area contributed by atoms with Crippen LogP contribution in [-0.4, -0.2) is 58.3 Å². The highest BCUT2D eigenvalue weighted by Gasteiger charge is 2.59. The molecule has 2 aliphatic rings. The normalized spacial score (nSPS) is 26.7. The Hall–Kier alpha value is -2.22. The van der Waals surface area contributed by atoms with E-state index in [2.05, 4.69) is 5.32 Å². The summed E-state index contributed by atoms with van der Waals surface area (Å²) in [6, 6.07) is 8.88. The summed E-state index contributed by atoms with van der Waals surface area (Å²) in [5, 5.41) is 2.65. The van der Waals surface area contributed by atoms with Crippen LogP contribution in [0.15, 0.2) is 30.3 Å². The predicted molar refractivity (Wildman–Crippen MR) is 106 cm³/mol. The van der Waals surface area contributed by atoms with E-state index in [1.54, 1.807) is 25.7 Å². The molecule has 3 rings (SSSR count). The lowest BCUT2D eigenvalue weighted by Gasteiger charge is -2.31. The van der Waals surface area contributed by atoms with Crippen LogP contribution in [0.25, 0.3) is 0 Å². The van der Waals surface area contributed by atoms with Gasteiger partial charge in [0.1, 0.15) is 17.2 Å². The van der Waals surface area contributed by atoms with Crippen molar-refractivity contribution in [3.8, 4) is 0 Å². The van der Waals surface area contributed by atoms with E-state index in [0.717, 1.165) is 5.56 Å². The topological polar surface area (TPSA) is 84.9 Å².